The summed E-state index contributed by atoms with van der Waals surface area (Å²) in [6.45, 7) is 8.78. The average molecular weight is 183 g/mol. The molecule has 0 aliphatic heterocycles. The summed E-state index contributed by atoms with van der Waals surface area (Å²) in [7, 11) is 0. The van der Waals surface area contributed by atoms with Gasteiger partial charge in [0.05, 0.1) is 5.76 Å². The van der Waals surface area contributed by atoms with Crippen molar-refractivity contribution in [2.75, 3.05) is 6.54 Å². The van der Waals surface area contributed by atoms with E-state index in [1.54, 1.807) is 0 Å². The van der Waals surface area contributed by atoms with E-state index < -0.39 is 0 Å². The number of hydrogen-bond acceptors (Lipinski definition) is 2. The molecule has 0 aromatic carbocycles. The Balaban J connectivity index is 4.21. The van der Waals surface area contributed by atoms with Crippen molar-refractivity contribution in [3.05, 3.63) is 23.2 Å². The third-order valence-electron chi connectivity index (χ3n) is 1.86. The first kappa shape index (κ1) is 12.2. The van der Waals surface area contributed by atoms with Crippen LogP contribution in [0.15, 0.2) is 23.2 Å². The Morgan fingerprint density at radius 2 is 1.92 bits per heavy atom. The maximum absolute atomic E-state index is 5.65. The van der Waals surface area contributed by atoms with Crippen LogP contribution in [0.3, 0.4) is 0 Å². The Labute approximate surface area is 81.5 Å². The highest BCUT2D eigenvalue weighted by atomic mass is 16.5. The van der Waals surface area contributed by atoms with Crippen molar-refractivity contribution < 1.29 is 4.74 Å². The summed E-state index contributed by atoms with van der Waals surface area (Å²) in [5, 5.41) is 0. The molecule has 0 unspecified atom stereocenters. The molecular formula is C11H21NO. The maximum Gasteiger partial charge on any atom is 0.102 e. The summed E-state index contributed by atoms with van der Waals surface area (Å²) < 4.78 is 5.65. The van der Waals surface area contributed by atoms with Gasteiger partial charge in [-0.25, -0.2) is 0 Å². The van der Waals surface area contributed by atoms with Crippen LogP contribution in [-0.2, 0) is 4.74 Å². The van der Waals surface area contributed by atoms with E-state index in [2.05, 4.69) is 13.8 Å². The summed E-state index contributed by atoms with van der Waals surface area (Å²) in [4.78, 5) is 0. The molecule has 0 saturated heterocycles. The molecule has 0 bridgehead atoms. The molecule has 0 rings (SSSR count). The van der Waals surface area contributed by atoms with Crippen molar-refractivity contribution in [1.29, 1.82) is 0 Å². The molecule has 0 spiro atoms. The maximum atomic E-state index is 5.65. The molecule has 2 heteroatoms. The van der Waals surface area contributed by atoms with E-state index in [1.165, 1.54) is 5.57 Å². The molecule has 2 nitrogen and oxygen atoms in total. The predicted molar refractivity (Wildman–Crippen MR) is 57.2 cm³/mol. The van der Waals surface area contributed by atoms with Gasteiger partial charge < -0.3 is 10.5 Å². The number of ether oxygens (including phenoxy) is 1. The van der Waals surface area contributed by atoms with Gasteiger partial charge in [-0.2, -0.15) is 0 Å². The third kappa shape index (κ3) is 5.47. The summed E-state index contributed by atoms with van der Waals surface area (Å²) in [6.07, 6.45) is 3.88. The number of rotatable bonds is 5. The van der Waals surface area contributed by atoms with Gasteiger partial charge in [-0.1, -0.05) is 0 Å². The fraction of sp³-hybridized carbons (Fsp3) is 0.636. The molecular weight excluding hydrogens is 162 g/mol. The van der Waals surface area contributed by atoms with Crippen LogP contribution < -0.4 is 5.73 Å². The Morgan fingerprint density at radius 3 is 2.31 bits per heavy atom. The van der Waals surface area contributed by atoms with Crippen molar-refractivity contribution in [3.8, 4) is 0 Å². The van der Waals surface area contributed by atoms with Crippen LogP contribution in [0.1, 0.15) is 40.5 Å². The van der Waals surface area contributed by atoms with Gasteiger partial charge >= 0.3 is 0 Å². The van der Waals surface area contributed by atoms with Crippen LogP contribution >= 0.6 is 0 Å². The van der Waals surface area contributed by atoms with E-state index >= 15 is 0 Å². The fourth-order valence-corrected chi connectivity index (χ4v) is 0.919. The molecule has 0 aliphatic carbocycles. The normalized spacial score (nSPS) is 11.3. The van der Waals surface area contributed by atoms with Crippen LogP contribution in [-0.4, -0.2) is 6.54 Å². The smallest absolute Gasteiger partial charge is 0.102 e. The lowest BCUT2D eigenvalue weighted by atomic mass is 10.2. The van der Waals surface area contributed by atoms with Crippen molar-refractivity contribution >= 4 is 0 Å². The predicted octanol–water partition coefficient (Wildman–Crippen LogP) is 2.96. The largest absolute Gasteiger partial charge is 0.467 e. The van der Waals surface area contributed by atoms with Gasteiger partial charge in [0.25, 0.3) is 0 Å². The monoisotopic (exact) mass is 183 g/mol. The van der Waals surface area contributed by atoms with Gasteiger partial charge in [-0.05, 0) is 52.3 Å². The molecule has 0 aromatic heterocycles. The summed E-state index contributed by atoms with van der Waals surface area (Å²) in [5.74, 6) is 2.01. The highest BCUT2D eigenvalue weighted by Crippen LogP contribution is 2.15. The molecule has 0 amide bonds. The van der Waals surface area contributed by atoms with E-state index in [0.717, 1.165) is 30.9 Å². The minimum absolute atomic E-state index is 0.717. The van der Waals surface area contributed by atoms with E-state index in [-0.39, 0.29) is 0 Å². The van der Waals surface area contributed by atoms with Crippen molar-refractivity contribution in [2.24, 2.45) is 5.73 Å². The number of hydrogen-bond donors (Lipinski definition) is 1. The second-order valence-electron chi connectivity index (χ2n) is 3.32. The standard InChI is InChI=1S/C11H21NO/c1-5-10(4)13-11(9(2)3)7-6-8-12/h5H,6-8,12H2,1-4H3/b10-5-. The summed E-state index contributed by atoms with van der Waals surface area (Å²) in [5.41, 5.74) is 6.68. The van der Waals surface area contributed by atoms with Gasteiger partial charge in [-0.3, -0.25) is 0 Å². The first-order valence-corrected chi connectivity index (χ1v) is 4.79. The zero-order chi connectivity index (χ0) is 10.3. The number of allylic oxidation sites excluding steroid dienone is 4. The fourth-order valence-electron chi connectivity index (χ4n) is 0.919. The van der Waals surface area contributed by atoms with Crippen molar-refractivity contribution in [2.45, 2.75) is 40.5 Å². The third-order valence-corrected chi connectivity index (χ3v) is 1.86. The van der Waals surface area contributed by atoms with Crippen LogP contribution in [0.2, 0.25) is 0 Å². The Kier molecular flexibility index (Phi) is 6.33. The number of nitrogens with two attached hydrogens (primary N) is 1. The van der Waals surface area contributed by atoms with Crippen LogP contribution in [0, 0.1) is 0 Å². The first-order valence-electron chi connectivity index (χ1n) is 4.79. The molecule has 0 heterocycles. The van der Waals surface area contributed by atoms with Crippen LogP contribution in [0.5, 0.6) is 0 Å². The van der Waals surface area contributed by atoms with Crippen molar-refractivity contribution in [1.82, 2.24) is 0 Å². The molecule has 13 heavy (non-hydrogen) atoms. The van der Waals surface area contributed by atoms with E-state index in [0.29, 0.717) is 0 Å². The second-order valence-corrected chi connectivity index (χ2v) is 3.32. The van der Waals surface area contributed by atoms with Crippen molar-refractivity contribution in [3.63, 3.8) is 0 Å². The molecule has 2 N–H and O–H groups in total. The van der Waals surface area contributed by atoms with Gasteiger partial charge in [0.2, 0.25) is 0 Å². The lowest BCUT2D eigenvalue weighted by molar-refractivity contribution is 0.285. The Hall–Kier alpha value is -0.760. The zero-order valence-corrected chi connectivity index (χ0v) is 9.18. The molecule has 0 saturated carbocycles. The molecule has 0 atom stereocenters. The molecule has 76 valence electrons. The second kappa shape index (κ2) is 6.72. The highest BCUT2D eigenvalue weighted by Gasteiger charge is 2.01. The quantitative estimate of drug-likeness (QED) is 0.665. The Bertz CT molecular complexity index is 200. The zero-order valence-electron chi connectivity index (χ0n) is 9.18. The minimum Gasteiger partial charge on any atom is -0.467 e. The molecule has 0 fully saturated rings. The topological polar surface area (TPSA) is 35.2 Å². The summed E-state index contributed by atoms with van der Waals surface area (Å²) >= 11 is 0. The lowest BCUT2D eigenvalue weighted by Crippen LogP contribution is -2.01. The first-order chi connectivity index (χ1) is 6.11. The van der Waals surface area contributed by atoms with Gasteiger partial charge in [-0.15, -0.1) is 0 Å². The highest BCUT2D eigenvalue weighted by molar-refractivity contribution is 5.06. The summed E-state index contributed by atoms with van der Waals surface area (Å²) in [6, 6.07) is 0. The van der Waals surface area contributed by atoms with E-state index in [1.807, 2.05) is 19.9 Å². The molecule has 0 aliphatic rings. The van der Waals surface area contributed by atoms with E-state index in [9.17, 15) is 0 Å². The SMILES string of the molecule is C/C=C(/C)OC(CCCN)=C(C)C. The lowest BCUT2D eigenvalue weighted by Gasteiger charge is -2.11. The van der Waals surface area contributed by atoms with Gasteiger partial charge in [0.1, 0.15) is 5.76 Å². The van der Waals surface area contributed by atoms with Crippen LogP contribution in [0.25, 0.3) is 0 Å². The van der Waals surface area contributed by atoms with Crippen LogP contribution in [0.4, 0.5) is 0 Å². The molecule has 0 radical (unpaired) electrons. The molecule has 0 aromatic rings. The minimum atomic E-state index is 0.717. The van der Waals surface area contributed by atoms with Gasteiger partial charge in [0, 0.05) is 6.42 Å². The van der Waals surface area contributed by atoms with E-state index in [4.69, 9.17) is 10.5 Å². The van der Waals surface area contributed by atoms with Gasteiger partial charge in [0.15, 0.2) is 0 Å². The average Bonchev–Trinajstić information content (AvgIpc) is 2.11. The Morgan fingerprint density at radius 1 is 1.31 bits per heavy atom.